The fourth-order valence-electron chi connectivity index (χ4n) is 1.61. The molecule has 0 radical (unpaired) electrons. The fraction of sp³-hybridized carbons (Fsp3) is 0.0714. The zero-order chi connectivity index (χ0) is 14.7. The number of nitrogens with two attached hydrogens (primary N) is 1. The molecule has 0 aliphatic heterocycles. The van der Waals surface area contributed by atoms with E-state index in [1.807, 2.05) is 0 Å². The summed E-state index contributed by atoms with van der Waals surface area (Å²) in [5, 5.41) is 0.905. The van der Waals surface area contributed by atoms with Crippen LogP contribution in [-0.2, 0) is 11.3 Å². The molecule has 0 aromatic heterocycles. The van der Waals surface area contributed by atoms with Gasteiger partial charge in [0, 0.05) is 10.7 Å². The maximum Gasteiger partial charge on any atom is 0.340 e. The zero-order valence-electron chi connectivity index (χ0n) is 10.2. The zero-order valence-corrected chi connectivity index (χ0v) is 12.5. The van der Waals surface area contributed by atoms with Crippen molar-refractivity contribution in [2.24, 2.45) is 0 Å². The molecule has 0 saturated carbocycles. The lowest BCUT2D eigenvalue weighted by Gasteiger charge is -2.08. The number of halogens is 3. The highest BCUT2D eigenvalue weighted by atomic mass is 35.5. The predicted molar refractivity (Wildman–Crippen MR) is 81.4 cm³/mol. The van der Waals surface area contributed by atoms with Gasteiger partial charge < -0.3 is 10.5 Å². The van der Waals surface area contributed by atoms with Gasteiger partial charge >= 0.3 is 5.97 Å². The molecule has 0 aliphatic rings. The largest absolute Gasteiger partial charge is 0.457 e. The van der Waals surface area contributed by atoms with Gasteiger partial charge in [-0.2, -0.15) is 0 Å². The molecule has 0 atom stereocenters. The Morgan fingerprint density at radius 2 is 1.90 bits per heavy atom. The third kappa shape index (κ3) is 3.57. The quantitative estimate of drug-likeness (QED) is 0.661. The van der Waals surface area contributed by atoms with Crippen LogP contribution >= 0.6 is 34.8 Å². The number of rotatable bonds is 3. The van der Waals surface area contributed by atoms with E-state index in [4.69, 9.17) is 45.3 Å². The van der Waals surface area contributed by atoms with Gasteiger partial charge in [-0.1, -0.05) is 46.9 Å². The van der Waals surface area contributed by atoms with E-state index < -0.39 is 5.97 Å². The number of benzene rings is 2. The topological polar surface area (TPSA) is 52.3 Å². The first-order valence-electron chi connectivity index (χ1n) is 5.63. The van der Waals surface area contributed by atoms with Gasteiger partial charge in [0.1, 0.15) is 6.61 Å². The van der Waals surface area contributed by atoms with E-state index in [2.05, 4.69) is 0 Å². The molecule has 6 heteroatoms. The minimum absolute atomic E-state index is 0.0855. The van der Waals surface area contributed by atoms with Crippen LogP contribution in [0.25, 0.3) is 0 Å². The molecule has 2 rings (SSSR count). The molecular formula is C14H10Cl3NO2. The summed E-state index contributed by atoms with van der Waals surface area (Å²) in [6.45, 7) is 0.0855. The normalized spacial score (nSPS) is 10.3. The number of nitrogen functional groups attached to an aromatic ring is 1. The van der Waals surface area contributed by atoms with Crippen molar-refractivity contribution >= 4 is 46.5 Å². The first kappa shape index (κ1) is 15.0. The highest BCUT2D eigenvalue weighted by molar-refractivity contribution is 6.44. The van der Waals surface area contributed by atoms with E-state index in [0.717, 1.165) is 5.56 Å². The SMILES string of the molecule is Nc1cc(Cl)c(Cl)c(C(=O)OCc2cccc(Cl)c2)c1. The third-order valence-corrected chi connectivity index (χ3v) is 3.57. The predicted octanol–water partition coefficient (Wildman–Crippen LogP) is 4.59. The Labute approximate surface area is 131 Å². The Balaban J connectivity index is 2.13. The van der Waals surface area contributed by atoms with E-state index in [0.29, 0.717) is 10.7 Å². The lowest BCUT2D eigenvalue weighted by Crippen LogP contribution is -2.07. The fourth-order valence-corrected chi connectivity index (χ4v) is 2.24. The summed E-state index contributed by atoms with van der Waals surface area (Å²) in [6, 6.07) is 9.92. The van der Waals surface area contributed by atoms with Crippen molar-refractivity contribution in [3.8, 4) is 0 Å². The number of hydrogen-bond donors (Lipinski definition) is 1. The highest BCUT2D eigenvalue weighted by Crippen LogP contribution is 2.29. The van der Waals surface area contributed by atoms with Crippen LogP contribution in [0, 0.1) is 0 Å². The molecule has 20 heavy (non-hydrogen) atoms. The molecule has 2 aromatic rings. The minimum Gasteiger partial charge on any atom is -0.457 e. The molecule has 0 unspecified atom stereocenters. The Morgan fingerprint density at radius 3 is 2.60 bits per heavy atom. The van der Waals surface area contributed by atoms with Gasteiger partial charge in [0.15, 0.2) is 0 Å². The summed E-state index contributed by atoms with van der Waals surface area (Å²) in [7, 11) is 0. The van der Waals surface area contributed by atoms with Crippen molar-refractivity contribution in [2.45, 2.75) is 6.61 Å². The highest BCUT2D eigenvalue weighted by Gasteiger charge is 2.15. The van der Waals surface area contributed by atoms with E-state index in [9.17, 15) is 4.79 Å². The molecule has 0 amide bonds. The summed E-state index contributed by atoms with van der Waals surface area (Å²) in [5.74, 6) is -0.593. The molecule has 0 spiro atoms. The second-order valence-electron chi connectivity index (χ2n) is 4.07. The van der Waals surface area contributed by atoms with Crippen molar-refractivity contribution in [2.75, 3.05) is 5.73 Å². The van der Waals surface area contributed by atoms with Crippen molar-refractivity contribution in [1.29, 1.82) is 0 Å². The molecule has 3 nitrogen and oxygen atoms in total. The molecular weight excluding hydrogens is 321 g/mol. The van der Waals surface area contributed by atoms with Crippen LogP contribution in [0.3, 0.4) is 0 Å². The van der Waals surface area contributed by atoms with Gasteiger partial charge in [-0.3, -0.25) is 0 Å². The summed E-state index contributed by atoms with van der Waals surface area (Å²) in [4.78, 5) is 12.0. The number of carbonyl (C=O) groups excluding carboxylic acids is 1. The molecule has 0 heterocycles. The van der Waals surface area contributed by atoms with Gasteiger partial charge in [-0.15, -0.1) is 0 Å². The summed E-state index contributed by atoms with van der Waals surface area (Å²) >= 11 is 17.7. The van der Waals surface area contributed by atoms with Crippen molar-refractivity contribution in [3.05, 3.63) is 62.6 Å². The smallest absolute Gasteiger partial charge is 0.340 e. The van der Waals surface area contributed by atoms with E-state index >= 15 is 0 Å². The Kier molecular flexibility index (Phi) is 4.76. The van der Waals surface area contributed by atoms with E-state index in [-0.39, 0.29) is 22.2 Å². The molecule has 104 valence electrons. The number of ether oxygens (including phenoxy) is 1. The Bertz CT molecular complexity index is 659. The Hall–Kier alpha value is -1.42. The summed E-state index contributed by atoms with van der Waals surface area (Å²) in [6.07, 6.45) is 0. The molecule has 0 aliphatic carbocycles. The van der Waals surface area contributed by atoms with E-state index in [1.165, 1.54) is 12.1 Å². The summed E-state index contributed by atoms with van der Waals surface area (Å²) < 4.78 is 5.16. The standard InChI is InChI=1S/C14H10Cl3NO2/c15-9-3-1-2-8(4-9)7-20-14(19)11-5-10(18)6-12(16)13(11)17/h1-6H,7,18H2. The summed E-state index contributed by atoms with van der Waals surface area (Å²) in [5.41, 5.74) is 6.88. The van der Waals surface area contributed by atoms with Crippen molar-refractivity contribution < 1.29 is 9.53 Å². The first-order chi connectivity index (χ1) is 9.47. The maximum atomic E-state index is 12.0. The number of hydrogen-bond acceptors (Lipinski definition) is 3. The van der Waals surface area contributed by atoms with Crippen LogP contribution in [0.4, 0.5) is 5.69 Å². The van der Waals surface area contributed by atoms with Gasteiger partial charge in [-0.25, -0.2) is 4.79 Å². The maximum absolute atomic E-state index is 12.0. The molecule has 2 N–H and O–H groups in total. The lowest BCUT2D eigenvalue weighted by atomic mass is 10.2. The second kappa shape index (κ2) is 6.35. The molecule has 0 fully saturated rings. The van der Waals surface area contributed by atoms with Crippen LogP contribution in [0.2, 0.25) is 15.1 Å². The number of carbonyl (C=O) groups is 1. The average molecular weight is 331 g/mol. The van der Waals surface area contributed by atoms with Gasteiger partial charge in [0.2, 0.25) is 0 Å². The third-order valence-electron chi connectivity index (χ3n) is 2.53. The van der Waals surface area contributed by atoms with Crippen LogP contribution in [0.1, 0.15) is 15.9 Å². The first-order valence-corrected chi connectivity index (χ1v) is 6.77. The molecule has 2 aromatic carbocycles. The Morgan fingerprint density at radius 1 is 1.15 bits per heavy atom. The van der Waals surface area contributed by atoms with E-state index in [1.54, 1.807) is 24.3 Å². The van der Waals surface area contributed by atoms with Crippen LogP contribution < -0.4 is 5.73 Å². The average Bonchev–Trinajstić information content (AvgIpc) is 2.40. The van der Waals surface area contributed by atoms with Gasteiger partial charge in [0.05, 0.1) is 15.6 Å². The van der Waals surface area contributed by atoms with Gasteiger partial charge in [0.25, 0.3) is 0 Å². The van der Waals surface area contributed by atoms with Gasteiger partial charge in [-0.05, 0) is 29.8 Å². The minimum atomic E-state index is -0.593. The van der Waals surface area contributed by atoms with Crippen LogP contribution in [0.15, 0.2) is 36.4 Å². The van der Waals surface area contributed by atoms with Crippen molar-refractivity contribution in [3.63, 3.8) is 0 Å². The van der Waals surface area contributed by atoms with Crippen LogP contribution in [-0.4, -0.2) is 5.97 Å². The molecule has 0 bridgehead atoms. The van der Waals surface area contributed by atoms with Crippen molar-refractivity contribution in [1.82, 2.24) is 0 Å². The lowest BCUT2D eigenvalue weighted by molar-refractivity contribution is 0.0473. The number of esters is 1. The van der Waals surface area contributed by atoms with Crippen LogP contribution in [0.5, 0.6) is 0 Å². The monoisotopic (exact) mass is 329 g/mol. The number of anilines is 1. The second-order valence-corrected chi connectivity index (χ2v) is 5.29. The molecule has 0 saturated heterocycles.